The summed E-state index contributed by atoms with van der Waals surface area (Å²) in [5, 5.41) is 33.6. The van der Waals surface area contributed by atoms with Crippen LogP contribution in [0.4, 0.5) is 0 Å². The molecule has 4 saturated heterocycles. The van der Waals surface area contributed by atoms with Crippen LogP contribution in [0.5, 0.6) is 46.0 Å². The predicted octanol–water partition coefficient (Wildman–Crippen LogP) is 12.0. The molecule has 8 aliphatic heterocycles. The lowest BCUT2D eigenvalue weighted by Crippen LogP contribution is -2.82. The van der Waals surface area contributed by atoms with Crippen LogP contribution in [0.15, 0.2) is 84.2 Å². The standard InChI is InChI=1S/C27H37NO4.C26H35NO4.C23H27NO4.C19H21NO3/c1-24(2,29)19-14-25-9-10-27(19,31-4)23-26(25)11-12-28(15-16-5-6-16)20(25)13-17-7-8-18(30-3)22(32-23)21(17)26;1-23(2,29)18-13-24-8-9-26(18,30-3)22-25(24)10-11-27(14-15-4-5-15)19(24)12-16-6-7-17(28)21(31-22)20(16)25;1-13(25)15-12-21-7-8-23(15,27-4)20-22(21)9-10-24(2)17(21)11-14-5-6-16(26-3)19(28-20)18(14)22;1-20-9-8-19-12-5-7-15(22-3)18(19)23-17-14(21-2)6-4-11(16(17)19)10-13(12)20/h7-8,16,19-20,23,29H,5-6,9-15H2,1-4H3;6-7,15,18-19,22,28-29H,4-5,8-14H2,1-3H3;5-8,15,17,20H,9-12H2,1-4H3;4-7,13,18H,8-10H2,1-3H3/t19-,20?,23?,25?,26+,27-;18-,19?,22?,24?,25+,26-;15-,17?,20?,21?,22+,23-;13?,18?,19-/m1110/s1. The highest BCUT2D eigenvalue weighted by atomic mass is 16.6. The summed E-state index contributed by atoms with van der Waals surface area (Å²) in [5.74, 6) is 8.98. The molecule has 0 amide bonds. The van der Waals surface area contributed by atoms with E-state index in [0.29, 0.717) is 29.9 Å². The molecule has 0 radical (unpaired) electrons. The van der Waals surface area contributed by atoms with Crippen molar-refractivity contribution in [1.82, 2.24) is 19.6 Å². The summed E-state index contributed by atoms with van der Waals surface area (Å²) in [5.41, 5.74) is 8.80. The summed E-state index contributed by atoms with van der Waals surface area (Å²) >= 11 is 0. The third-order valence-corrected chi connectivity index (χ3v) is 36.2. The van der Waals surface area contributed by atoms with Gasteiger partial charge in [0, 0.05) is 120 Å². The number of aliphatic hydroxyl groups is 2. The summed E-state index contributed by atoms with van der Waals surface area (Å²) in [6, 6.07) is 18.7. The highest BCUT2D eigenvalue weighted by Crippen LogP contribution is 2.81. The molecule has 3 N–H and O–H groups in total. The molecule has 0 aromatic heterocycles. The number of likely N-dealkylation sites (N-methyl/N-ethyl adjacent to an activating group) is 2. The summed E-state index contributed by atoms with van der Waals surface area (Å²) in [4.78, 5) is 23.4. The number of hydrogen-bond donors (Lipinski definition) is 3. The molecule has 21 atom stereocenters. The number of hydrogen-bond acceptors (Lipinski definition) is 19. The zero-order valence-corrected chi connectivity index (χ0v) is 69.6. The van der Waals surface area contributed by atoms with Gasteiger partial charge in [-0.05, 0) is 267 Å². The van der Waals surface area contributed by atoms with Gasteiger partial charge in [-0.2, -0.15) is 0 Å². The van der Waals surface area contributed by atoms with Gasteiger partial charge in [0.25, 0.3) is 0 Å². The molecule has 610 valence electrons. The molecule has 24 aliphatic rings. The van der Waals surface area contributed by atoms with E-state index in [-0.39, 0.29) is 91.6 Å². The van der Waals surface area contributed by atoms with Gasteiger partial charge >= 0.3 is 0 Å². The lowest BCUT2D eigenvalue weighted by Gasteiger charge is -2.75. The highest BCUT2D eigenvalue weighted by molar-refractivity contribution is 5.83. The van der Waals surface area contributed by atoms with Crippen molar-refractivity contribution in [3.05, 3.63) is 129 Å². The number of fused-ring (bicyclic) bond motifs is 5. The largest absolute Gasteiger partial charge is 0.504 e. The normalized spacial score (nSPS) is 42.1. The van der Waals surface area contributed by atoms with Gasteiger partial charge in [-0.15, -0.1) is 0 Å². The quantitative estimate of drug-likeness (QED) is 0.101. The van der Waals surface area contributed by atoms with Crippen molar-refractivity contribution < 1.29 is 72.2 Å². The minimum Gasteiger partial charge on any atom is -0.504 e. The Balaban J connectivity index is 0.0000000933. The number of nitrogens with zero attached hydrogens (tertiary/aromatic N) is 4. The number of piperidine rings is 4. The fraction of sp³-hybridized carbons (Fsp3) is 0.674. The first kappa shape index (κ1) is 73.9. The Kier molecular flexibility index (Phi) is 15.7. The number of carbonyl (C=O) groups excluding carboxylic acids is 1. The van der Waals surface area contributed by atoms with Crippen LogP contribution in [0.1, 0.15) is 175 Å². The fourth-order valence-corrected chi connectivity index (χ4v) is 31.4. The summed E-state index contributed by atoms with van der Waals surface area (Å²) in [6.45, 7) is 16.4. The second-order valence-electron chi connectivity index (χ2n) is 40.6. The van der Waals surface area contributed by atoms with Crippen molar-refractivity contribution in [2.24, 2.45) is 45.8 Å². The molecule has 13 fully saturated rings. The Morgan fingerprint density at radius 1 is 0.500 bits per heavy atom. The van der Waals surface area contributed by atoms with Crippen molar-refractivity contribution in [2.75, 3.05) is 103 Å². The molecule has 19 heteroatoms. The maximum atomic E-state index is 12.8. The molecule has 4 aromatic carbocycles. The average Bonchev–Trinajstić information content (AvgIpc) is 1.32. The zero-order valence-electron chi connectivity index (χ0n) is 69.6. The topological polar surface area (TPSA) is 192 Å². The summed E-state index contributed by atoms with van der Waals surface area (Å²) < 4.78 is 68.9. The van der Waals surface area contributed by atoms with Crippen LogP contribution in [-0.2, 0) is 71.1 Å². The van der Waals surface area contributed by atoms with Crippen LogP contribution in [0.2, 0.25) is 0 Å². The van der Waals surface area contributed by atoms with Crippen molar-refractivity contribution in [3.63, 3.8) is 0 Å². The summed E-state index contributed by atoms with van der Waals surface area (Å²) in [6.07, 6.45) is 29.4. The Bertz CT molecular complexity index is 4840. The van der Waals surface area contributed by atoms with Gasteiger partial charge < -0.3 is 72.3 Å². The van der Waals surface area contributed by atoms with E-state index in [9.17, 15) is 20.1 Å². The van der Waals surface area contributed by atoms with Crippen LogP contribution in [0, 0.1) is 45.8 Å². The molecule has 28 rings (SSSR count). The Morgan fingerprint density at radius 3 is 1.49 bits per heavy atom. The Labute approximate surface area is 672 Å². The van der Waals surface area contributed by atoms with Crippen molar-refractivity contribution in [3.8, 4) is 46.0 Å². The fourth-order valence-electron chi connectivity index (χ4n) is 31.4. The lowest BCUT2D eigenvalue weighted by atomic mass is 9.34. The van der Waals surface area contributed by atoms with E-state index < -0.39 is 28.0 Å². The monoisotopic (exact) mass is 1560 g/mol. The number of phenolic OH excluding ortho intramolecular Hbond substituents is 1. The van der Waals surface area contributed by atoms with Gasteiger partial charge in [0.2, 0.25) is 0 Å². The molecule has 11 unspecified atom stereocenters. The molecular formula is C95H120N4O15. The number of likely N-dealkylation sites (tertiary alicyclic amines) is 4. The lowest BCUT2D eigenvalue weighted by molar-refractivity contribution is -0.300. The maximum Gasteiger partial charge on any atom is 0.169 e. The molecule has 14 bridgehead atoms. The maximum absolute atomic E-state index is 12.8. The van der Waals surface area contributed by atoms with Gasteiger partial charge in [-0.1, -0.05) is 42.5 Å². The third-order valence-electron chi connectivity index (χ3n) is 36.2. The minimum absolute atomic E-state index is 0.0123. The number of benzene rings is 4. The van der Waals surface area contributed by atoms with Crippen LogP contribution in [0.3, 0.4) is 0 Å². The van der Waals surface area contributed by atoms with Crippen molar-refractivity contribution in [1.29, 1.82) is 0 Å². The van der Waals surface area contributed by atoms with E-state index in [1.807, 2.05) is 60.1 Å². The zero-order chi connectivity index (χ0) is 78.7. The summed E-state index contributed by atoms with van der Waals surface area (Å²) in [7, 11) is 16.8. The molecule has 4 aromatic rings. The first-order valence-corrected chi connectivity index (χ1v) is 43.5. The smallest absolute Gasteiger partial charge is 0.169 e. The van der Waals surface area contributed by atoms with E-state index in [4.69, 9.17) is 52.1 Å². The number of ketones is 1. The number of ether oxygens (including phenoxy) is 11. The first-order chi connectivity index (χ1) is 54.7. The van der Waals surface area contributed by atoms with E-state index >= 15 is 0 Å². The molecular weight excluding hydrogens is 1440 g/mol. The molecule has 16 aliphatic carbocycles. The number of phenols is 1. The molecule has 114 heavy (non-hydrogen) atoms. The van der Waals surface area contributed by atoms with Gasteiger partial charge in [0.05, 0.1) is 56.4 Å². The number of rotatable bonds is 14. The SMILES string of the molecule is COC1=CC=C2C3Cc4ccc(OC)c5c4[C@@]2(CCN3C)C1O5.CO[C@]12CCC3(C[C@@H]1C(C)(C)O)C1Cc4ccc(O)c5c4[C@@]3(CCN1CC1CC1)C2O5.COc1ccc2c3c1OC1[C@@]4(OC)C=CC5(C[C@@H]4C(C)=O)C(C2)N(C)CC[C@]315.COc1ccc2c3c1OC1[C@@]4(OC)CCC5(C[C@@H]4C(C)(C)O)C(C2)N(CC2CC2)CC[C@]315. The molecule has 8 heterocycles. The number of carbonyl (C=O) groups is 1. The van der Waals surface area contributed by atoms with E-state index in [1.54, 1.807) is 42.5 Å². The van der Waals surface area contributed by atoms with Crippen molar-refractivity contribution in [2.45, 2.75) is 255 Å². The van der Waals surface area contributed by atoms with E-state index in [0.717, 1.165) is 175 Å². The first-order valence-electron chi connectivity index (χ1n) is 43.5. The Hall–Kier alpha value is -6.39. The Morgan fingerprint density at radius 2 is 0.982 bits per heavy atom. The van der Waals surface area contributed by atoms with Gasteiger partial charge in [0.1, 0.15) is 46.7 Å². The second-order valence-corrected chi connectivity index (χ2v) is 40.6. The van der Waals surface area contributed by atoms with Crippen LogP contribution < -0.4 is 33.2 Å². The van der Waals surface area contributed by atoms with Gasteiger partial charge in [0.15, 0.2) is 52.1 Å². The molecule has 19 nitrogen and oxygen atoms in total. The average molecular weight is 1560 g/mol. The predicted molar refractivity (Wildman–Crippen MR) is 429 cm³/mol. The van der Waals surface area contributed by atoms with Gasteiger partial charge in [-0.25, -0.2) is 0 Å². The highest BCUT2D eigenvalue weighted by Gasteiger charge is 2.85. The van der Waals surface area contributed by atoms with Crippen LogP contribution >= 0.6 is 0 Å². The van der Waals surface area contributed by atoms with E-state index in [2.05, 4.69) is 88.3 Å². The molecule has 9 saturated carbocycles. The molecule has 7 spiro atoms. The number of Topliss-reactive ketones (excluding diaryl/α,β-unsaturated/α-hetero) is 1. The van der Waals surface area contributed by atoms with Crippen LogP contribution in [0.25, 0.3) is 0 Å². The minimum atomic E-state index is -0.846. The number of allylic oxidation sites excluding steroid dienone is 2. The van der Waals surface area contributed by atoms with Crippen LogP contribution in [-0.4, -0.2) is 220 Å². The van der Waals surface area contributed by atoms with E-state index in [1.165, 1.54) is 88.9 Å². The van der Waals surface area contributed by atoms with Gasteiger partial charge in [-0.3, -0.25) is 19.5 Å². The number of methoxy groups -OCH3 is 7. The number of aromatic hydroxyl groups is 1. The van der Waals surface area contributed by atoms with Crippen molar-refractivity contribution >= 4 is 5.78 Å². The second kappa shape index (κ2) is 24.2. The third kappa shape index (κ3) is 8.69.